The van der Waals surface area contributed by atoms with Gasteiger partial charge in [-0.05, 0) is 48.1 Å². The van der Waals surface area contributed by atoms with Crippen molar-refractivity contribution in [1.82, 2.24) is 26.6 Å². The second kappa shape index (κ2) is 14.9. The molecule has 11 heteroatoms. The summed E-state index contributed by atoms with van der Waals surface area (Å²) in [6, 6.07) is 11.8. The van der Waals surface area contributed by atoms with Crippen LogP contribution in [0.4, 0.5) is 0 Å². The number of carbonyl (C=O) groups is 6. The maximum Gasteiger partial charge on any atom is 0.289 e. The van der Waals surface area contributed by atoms with E-state index in [2.05, 4.69) is 26.6 Å². The highest BCUT2D eigenvalue weighted by Gasteiger charge is 2.35. The summed E-state index contributed by atoms with van der Waals surface area (Å²) in [6.45, 7) is 10.2. The Morgan fingerprint density at radius 1 is 0.714 bits per heavy atom. The SMILES string of the molecule is CNC(=O)c1ccc(CNC(=O)C(=O)[C@@H](NC(=O)[C@H](C)NC(=O)[C@@H](NC(=O)c2ccccc2)C(C)(C)C)C(C)C)cc1. The Morgan fingerprint density at radius 2 is 1.29 bits per heavy atom. The standard InChI is InChI=1S/C31H41N5O6/c1-18(2)23(24(37)29(41)33-17-20-13-15-22(16-14-20)27(39)32-7)35-26(38)19(3)34-30(42)25(31(4,5)6)36-28(40)21-11-9-8-10-12-21/h8-16,18-19,23,25H,17H2,1-7H3,(H,32,39)(H,33,41)(H,34,42)(H,35,38)(H,36,40)/t19-,23-,25+/m0/s1. The van der Waals surface area contributed by atoms with E-state index < -0.39 is 58.9 Å². The van der Waals surface area contributed by atoms with Crippen molar-refractivity contribution in [3.63, 3.8) is 0 Å². The molecule has 5 N–H and O–H groups in total. The Bertz CT molecular complexity index is 1290. The first-order valence-electron chi connectivity index (χ1n) is 13.8. The summed E-state index contributed by atoms with van der Waals surface area (Å²) in [4.78, 5) is 76.2. The number of nitrogens with one attached hydrogen (secondary N) is 5. The Morgan fingerprint density at radius 3 is 1.81 bits per heavy atom. The van der Waals surface area contributed by atoms with Gasteiger partial charge in [0.15, 0.2) is 0 Å². The van der Waals surface area contributed by atoms with Crippen molar-refractivity contribution >= 4 is 35.3 Å². The van der Waals surface area contributed by atoms with Crippen molar-refractivity contribution < 1.29 is 28.8 Å². The van der Waals surface area contributed by atoms with Gasteiger partial charge in [-0.3, -0.25) is 28.8 Å². The maximum atomic E-state index is 13.2. The van der Waals surface area contributed by atoms with Crippen LogP contribution < -0.4 is 26.6 Å². The normalized spacial score (nSPS) is 13.2. The van der Waals surface area contributed by atoms with Gasteiger partial charge < -0.3 is 26.6 Å². The van der Waals surface area contributed by atoms with E-state index in [0.717, 1.165) is 0 Å². The molecule has 0 radical (unpaired) electrons. The van der Waals surface area contributed by atoms with Gasteiger partial charge in [0.2, 0.25) is 17.6 Å². The molecule has 226 valence electrons. The summed E-state index contributed by atoms with van der Waals surface area (Å²) >= 11 is 0. The van der Waals surface area contributed by atoms with E-state index in [9.17, 15) is 28.8 Å². The molecule has 0 aromatic heterocycles. The minimum absolute atomic E-state index is 0.0483. The van der Waals surface area contributed by atoms with Crippen molar-refractivity contribution in [2.45, 2.75) is 66.2 Å². The van der Waals surface area contributed by atoms with Crippen LogP contribution in [0.25, 0.3) is 0 Å². The van der Waals surface area contributed by atoms with E-state index in [0.29, 0.717) is 16.7 Å². The lowest BCUT2D eigenvalue weighted by molar-refractivity contribution is -0.141. The molecule has 0 aliphatic heterocycles. The van der Waals surface area contributed by atoms with Crippen LogP contribution in [0.1, 0.15) is 67.8 Å². The predicted molar refractivity (Wildman–Crippen MR) is 158 cm³/mol. The second-order valence-electron chi connectivity index (χ2n) is 11.4. The third-order valence-corrected chi connectivity index (χ3v) is 6.56. The van der Waals surface area contributed by atoms with Crippen LogP contribution >= 0.6 is 0 Å². The summed E-state index contributed by atoms with van der Waals surface area (Å²) < 4.78 is 0. The zero-order chi connectivity index (χ0) is 31.6. The highest BCUT2D eigenvalue weighted by Crippen LogP contribution is 2.20. The largest absolute Gasteiger partial charge is 0.355 e. The van der Waals surface area contributed by atoms with Crippen molar-refractivity contribution in [1.29, 1.82) is 0 Å². The zero-order valence-electron chi connectivity index (χ0n) is 25.2. The zero-order valence-corrected chi connectivity index (χ0v) is 25.2. The first-order valence-corrected chi connectivity index (χ1v) is 13.8. The van der Waals surface area contributed by atoms with Gasteiger partial charge in [-0.25, -0.2) is 0 Å². The molecule has 0 aliphatic carbocycles. The smallest absolute Gasteiger partial charge is 0.289 e. The average Bonchev–Trinajstić information content (AvgIpc) is 2.96. The molecular weight excluding hydrogens is 538 g/mol. The number of rotatable bonds is 12. The van der Waals surface area contributed by atoms with E-state index in [1.165, 1.54) is 14.0 Å². The van der Waals surface area contributed by atoms with E-state index in [4.69, 9.17) is 0 Å². The van der Waals surface area contributed by atoms with Crippen molar-refractivity contribution in [3.05, 3.63) is 71.3 Å². The number of carbonyl (C=O) groups excluding carboxylic acids is 6. The third-order valence-electron chi connectivity index (χ3n) is 6.56. The van der Waals surface area contributed by atoms with Crippen molar-refractivity contribution in [2.75, 3.05) is 7.05 Å². The third kappa shape index (κ3) is 9.53. The molecule has 0 saturated carbocycles. The van der Waals surface area contributed by atoms with Gasteiger partial charge in [-0.2, -0.15) is 0 Å². The van der Waals surface area contributed by atoms with Crippen LogP contribution in [0.5, 0.6) is 0 Å². The highest BCUT2D eigenvalue weighted by molar-refractivity contribution is 6.38. The minimum atomic E-state index is -1.14. The average molecular weight is 580 g/mol. The quantitative estimate of drug-likeness (QED) is 0.241. The van der Waals surface area contributed by atoms with Crippen LogP contribution in [0.3, 0.4) is 0 Å². The molecule has 3 atom stereocenters. The number of hydrogen-bond acceptors (Lipinski definition) is 6. The minimum Gasteiger partial charge on any atom is -0.355 e. The fourth-order valence-electron chi connectivity index (χ4n) is 3.98. The number of ketones is 1. The molecule has 0 aliphatic rings. The van der Waals surface area contributed by atoms with Gasteiger partial charge in [-0.1, -0.05) is 65.0 Å². The molecule has 0 spiro atoms. The molecule has 0 fully saturated rings. The Kier molecular flexibility index (Phi) is 11.9. The number of hydrogen-bond donors (Lipinski definition) is 5. The van der Waals surface area contributed by atoms with Crippen LogP contribution in [-0.4, -0.2) is 60.5 Å². The summed E-state index contributed by atoms with van der Waals surface area (Å²) in [5, 5.41) is 13.0. The van der Waals surface area contributed by atoms with Gasteiger partial charge in [0.1, 0.15) is 12.1 Å². The molecule has 42 heavy (non-hydrogen) atoms. The Hall–Kier alpha value is -4.54. The lowest BCUT2D eigenvalue weighted by atomic mass is 9.85. The first kappa shape index (κ1) is 33.7. The van der Waals surface area contributed by atoms with E-state index >= 15 is 0 Å². The summed E-state index contributed by atoms with van der Waals surface area (Å²) in [5.74, 6) is -4.03. The molecule has 0 saturated heterocycles. The fourth-order valence-corrected chi connectivity index (χ4v) is 3.98. The number of benzene rings is 2. The molecule has 2 aromatic rings. The van der Waals surface area contributed by atoms with E-state index in [1.807, 2.05) is 0 Å². The van der Waals surface area contributed by atoms with Gasteiger partial charge in [0, 0.05) is 24.7 Å². The fraction of sp³-hybridized carbons (Fsp3) is 0.419. The molecular formula is C31H41N5O6. The van der Waals surface area contributed by atoms with E-state index in [1.54, 1.807) is 89.2 Å². The summed E-state index contributed by atoms with van der Waals surface area (Å²) in [6.07, 6.45) is 0. The van der Waals surface area contributed by atoms with Crippen molar-refractivity contribution in [2.24, 2.45) is 11.3 Å². The molecule has 2 aromatic carbocycles. The predicted octanol–water partition coefficient (Wildman–Crippen LogP) is 1.72. The number of amides is 5. The molecule has 0 unspecified atom stereocenters. The first-order chi connectivity index (χ1) is 19.6. The Labute approximate surface area is 246 Å². The van der Waals surface area contributed by atoms with Crippen LogP contribution in [0.2, 0.25) is 0 Å². The van der Waals surface area contributed by atoms with Crippen LogP contribution in [-0.2, 0) is 25.7 Å². The van der Waals surface area contributed by atoms with Crippen molar-refractivity contribution in [3.8, 4) is 0 Å². The van der Waals surface area contributed by atoms with E-state index in [-0.39, 0.29) is 12.5 Å². The summed E-state index contributed by atoms with van der Waals surface area (Å²) in [5.41, 5.74) is 0.850. The Balaban J connectivity index is 2.01. The van der Waals surface area contributed by atoms with Crippen LogP contribution in [0, 0.1) is 11.3 Å². The monoisotopic (exact) mass is 579 g/mol. The maximum absolute atomic E-state index is 13.2. The second-order valence-corrected chi connectivity index (χ2v) is 11.4. The van der Waals surface area contributed by atoms with Crippen LogP contribution in [0.15, 0.2) is 54.6 Å². The molecule has 0 bridgehead atoms. The number of Topliss-reactive ketones (excluding diaryl/α,β-unsaturated/α-hetero) is 1. The highest BCUT2D eigenvalue weighted by atomic mass is 16.2. The topological polar surface area (TPSA) is 163 Å². The van der Waals surface area contributed by atoms with Gasteiger partial charge in [-0.15, -0.1) is 0 Å². The van der Waals surface area contributed by atoms with Gasteiger partial charge in [0.05, 0.1) is 6.04 Å². The summed E-state index contributed by atoms with van der Waals surface area (Å²) in [7, 11) is 1.52. The molecule has 5 amide bonds. The van der Waals surface area contributed by atoms with Gasteiger partial charge in [0.25, 0.3) is 17.7 Å². The lowest BCUT2D eigenvalue weighted by Crippen LogP contribution is -2.59. The lowest BCUT2D eigenvalue weighted by Gasteiger charge is -2.31. The molecule has 11 nitrogen and oxygen atoms in total. The van der Waals surface area contributed by atoms with Gasteiger partial charge >= 0.3 is 0 Å². The molecule has 0 heterocycles. The molecule has 2 rings (SSSR count).